The highest BCUT2D eigenvalue weighted by molar-refractivity contribution is 6.00. The number of benzene rings is 2. The zero-order chi connectivity index (χ0) is 12.4. The van der Waals surface area contributed by atoms with Gasteiger partial charge in [-0.2, -0.15) is 0 Å². The molecule has 0 spiro atoms. The first-order valence-corrected chi connectivity index (χ1v) is 7.06. The smallest absolute Gasteiger partial charge is 0.00818 e. The van der Waals surface area contributed by atoms with Gasteiger partial charge in [0.2, 0.25) is 0 Å². The molecule has 90 valence electrons. The molecule has 3 aliphatic carbocycles. The maximum absolute atomic E-state index is 2.44. The van der Waals surface area contributed by atoms with Gasteiger partial charge in [-0.1, -0.05) is 36.5 Å². The zero-order valence-electron chi connectivity index (χ0n) is 10.7. The second-order valence-corrected chi connectivity index (χ2v) is 5.70. The van der Waals surface area contributed by atoms with Crippen molar-refractivity contribution < 1.29 is 0 Å². The fourth-order valence-electron chi connectivity index (χ4n) is 3.83. The average Bonchev–Trinajstić information content (AvgIpc) is 3.15. The van der Waals surface area contributed by atoms with Crippen LogP contribution in [0.4, 0.5) is 0 Å². The van der Waals surface area contributed by atoms with Gasteiger partial charge in [0.15, 0.2) is 0 Å². The first-order chi connectivity index (χ1) is 9.42. The van der Waals surface area contributed by atoms with Crippen molar-refractivity contribution >= 4 is 29.0 Å². The maximum atomic E-state index is 2.44. The van der Waals surface area contributed by atoms with E-state index in [9.17, 15) is 0 Å². The van der Waals surface area contributed by atoms with E-state index in [-0.39, 0.29) is 0 Å². The van der Waals surface area contributed by atoms with Crippen LogP contribution in [0.15, 0.2) is 30.4 Å². The van der Waals surface area contributed by atoms with E-state index in [1.54, 1.807) is 0 Å². The summed E-state index contributed by atoms with van der Waals surface area (Å²) in [6, 6.07) is 4.85. The topological polar surface area (TPSA) is 0 Å². The maximum Gasteiger partial charge on any atom is -0.00818 e. The molecule has 0 amide bonds. The van der Waals surface area contributed by atoms with E-state index in [0.29, 0.717) is 0 Å². The Kier molecular flexibility index (Phi) is 1.69. The molecule has 2 aromatic carbocycles. The van der Waals surface area contributed by atoms with Crippen LogP contribution in [0.5, 0.6) is 0 Å². The predicted octanol–water partition coefficient (Wildman–Crippen LogP) is 4.55. The third-order valence-electron chi connectivity index (χ3n) is 4.72. The molecule has 0 nitrogen and oxygen atoms in total. The monoisotopic (exact) mass is 242 g/mol. The van der Waals surface area contributed by atoms with E-state index in [1.807, 2.05) is 0 Å². The minimum Gasteiger partial charge on any atom is -0.0795 e. The lowest BCUT2D eigenvalue weighted by Crippen LogP contribution is -1.96. The highest BCUT2D eigenvalue weighted by Gasteiger charge is 2.21. The van der Waals surface area contributed by atoms with Crippen LogP contribution in [0, 0.1) is 0 Å². The third kappa shape index (κ3) is 1.14. The van der Waals surface area contributed by atoms with E-state index in [2.05, 4.69) is 48.6 Å². The minimum atomic E-state index is 1.09. The largest absolute Gasteiger partial charge is 0.0795 e. The lowest BCUT2D eigenvalue weighted by atomic mass is 9.89. The van der Waals surface area contributed by atoms with E-state index in [1.165, 1.54) is 44.2 Å². The van der Waals surface area contributed by atoms with Crippen LogP contribution in [0.25, 0.3) is 29.0 Å². The molecule has 0 fully saturated rings. The lowest BCUT2D eigenvalue weighted by molar-refractivity contribution is 1.28. The summed E-state index contributed by atoms with van der Waals surface area (Å²) in [6.45, 7) is 0. The summed E-state index contributed by atoms with van der Waals surface area (Å²) < 4.78 is 0. The van der Waals surface area contributed by atoms with Crippen molar-refractivity contribution in [2.24, 2.45) is 0 Å². The molecule has 0 saturated heterocycles. The van der Waals surface area contributed by atoms with Gasteiger partial charge >= 0.3 is 0 Å². The van der Waals surface area contributed by atoms with Crippen LogP contribution in [0.2, 0.25) is 0 Å². The highest BCUT2D eigenvalue weighted by Crippen LogP contribution is 2.40. The summed E-state index contributed by atoms with van der Waals surface area (Å²) >= 11 is 0. The van der Waals surface area contributed by atoms with Crippen molar-refractivity contribution in [2.75, 3.05) is 0 Å². The number of hydrogen-bond acceptors (Lipinski definition) is 0. The average molecular weight is 242 g/mol. The predicted molar refractivity (Wildman–Crippen MR) is 82.2 cm³/mol. The molecule has 0 aliphatic heterocycles. The molecule has 0 bridgehead atoms. The first-order valence-electron chi connectivity index (χ1n) is 7.06. The van der Waals surface area contributed by atoms with Gasteiger partial charge in [0.05, 0.1) is 0 Å². The molecule has 5 rings (SSSR count). The highest BCUT2D eigenvalue weighted by atomic mass is 14.3. The number of allylic oxidation sites excluding steroid dienone is 3. The number of fused-ring (bicyclic) bond motifs is 7. The van der Waals surface area contributed by atoms with Gasteiger partial charge in [0.25, 0.3) is 0 Å². The van der Waals surface area contributed by atoms with E-state index in [4.69, 9.17) is 0 Å². The summed E-state index contributed by atoms with van der Waals surface area (Å²) in [5, 5.41) is 2.97. The Morgan fingerprint density at radius 2 is 1.26 bits per heavy atom. The zero-order valence-corrected chi connectivity index (χ0v) is 10.7. The molecule has 2 aromatic rings. The molecule has 3 aliphatic rings. The van der Waals surface area contributed by atoms with Crippen LogP contribution < -0.4 is 0 Å². The Balaban J connectivity index is 1.99. The van der Waals surface area contributed by atoms with Gasteiger partial charge in [-0.3, -0.25) is 0 Å². The van der Waals surface area contributed by atoms with Crippen molar-refractivity contribution in [3.8, 4) is 0 Å². The molecule has 0 aromatic heterocycles. The lowest BCUT2D eigenvalue weighted by Gasteiger charge is -2.14. The Bertz CT molecular complexity index is 829. The molecular formula is C19H14. The van der Waals surface area contributed by atoms with Gasteiger partial charge in [-0.05, 0) is 75.5 Å². The van der Waals surface area contributed by atoms with Crippen molar-refractivity contribution in [1.82, 2.24) is 0 Å². The fraction of sp³-hybridized carbons (Fsp3) is 0.158. The molecule has 19 heavy (non-hydrogen) atoms. The number of rotatable bonds is 0. The van der Waals surface area contributed by atoms with Crippen LogP contribution in [0.3, 0.4) is 0 Å². The molecule has 0 atom stereocenters. The van der Waals surface area contributed by atoms with Gasteiger partial charge < -0.3 is 0 Å². The third-order valence-corrected chi connectivity index (χ3v) is 4.72. The van der Waals surface area contributed by atoms with Crippen LogP contribution in [-0.4, -0.2) is 0 Å². The van der Waals surface area contributed by atoms with Gasteiger partial charge in [0, 0.05) is 0 Å². The molecule has 0 N–H and O–H groups in total. The second kappa shape index (κ2) is 3.27. The normalized spacial score (nSPS) is 17.3. The Labute approximate surface area is 112 Å². The van der Waals surface area contributed by atoms with Crippen molar-refractivity contribution in [1.29, 1.82) is 0 Å². The molecular weight excluding hydrogens is 228 g/mol. The first kappa shape index (κ1) is 9.80. The summed E-state index contributed by atoms with van der Waals surface area (Å²) in [4.78, 5) is 0. The molecule has 0 heteroatoms. The summed E-state index contributed by atoms with van der Waals surface area (Å²) in [5.41, 5.74) is 8.93. The van der Waals surface area contributed by atoms with E-state index in [0.717, 1.165) is 19.3 Å². The van der Waals surface area contributed by atoms with Crippen molar-refractivity contribution in [2.45, 2.75) is 19.3 Å². The van der Waals surface area contributed by atoms with Crippen LogP contribution in [0.1, 0.15) is 33.4 Å². The molecule has 0 saturated carbocycles. The summed E-state index contributed by atoms with van der Waals surface area (Å²) in [6.07, 6.45) is 17.1. The molecule has 0 unspecified atom stereocenters. The van der Waals surface area contributed by atoms with Crippen LogP contribution >= 0.6 is 0 Å². The second-order valence-electron chi connectivity index (χ2n) is 5.70. The Morgan fingerprint density at radius 1 is 0.632 bits per heavy atom. The minimum absolute atomic E-state index is 1.09. The fourth-order valence-corrected chi connectivity index (χ4v) is 3.83. The summed E-state index contributed by atoms with van der Waals surface area (Å²) in [5.74, 6) is 0. The van der Waals surface area contributed by atoms with Crippen molar-refractivity contribution in [3.63, 3.8) is 0 Å². The van der Waals surface area contributed by atoms with Crippen molar-refractivity contribution in [3.05, 3.63) is 63.7 Å². The Hall–Kier alpha value is -2.08. The molecule has 0 radical (unpaired) electrons. The Morgan fingerprint density at radius 3 is 2.00 bits per heavy atom. The summed E-state index contributed by atoms with van der Waals surface area (Å²) in [7, 11) is 0. The SMILES string of the molecule is C1=Cc2cc3c4c(c5c(c3cc2C1)CC=C5)C=CC4. The van der Waals surface area contributed by atoms with E-state index < -0.39 is 0 Å². The van der Waals surface area contributed by atoms with Gasteiger partial charge in [0.1, 0.15) is 0 Å². The van der Waals surface area contributed by atoms with Gasteiger partial charge in [-0.15, -0.1) is 0 Å². The number of hydrogen-bond donors (Lipinski definition) is 0. The van der Waals surface area contributed by atoms with Gasteiger partial charge in [-0.25, -0.2) is 0 Å². The van der Waals surface area contributed by atoms with E-state index >= 15 is 0 Å². The quantitative estimate of drug-likeness (QED) is 0.636. The van der Waals surface area contributed by atoms with Crippen LogP contribution in [-0.2, 0) is 19.3 Å². The standard InChI is InChI=1S/C19H14/c1-4-12-10-18-16-8-2-6-14(16)15-7-3-9-17(15)19(18)11-13(12)5-1/h1-4,6-7,10-11H,5,8-9H2. The molecule has 0 heterocycles.